The van der Waals surface area contributed by atoms with Crippen LogP contribution in [0.25, 0.3) is 0 Å². The van der Waals surface area contributed by atoms with Crippen molar-refractivity contribution in [3.8, 4) is 0 Å². The first-order chi connectivity index (χ1) is 8.99. The summed E-state index contributed by atoms with van der Waals surface area (Å²) in [4.78, 5) is 27.2. The van der Waals surface area contributed by atoms with Crippen LogP contribution in [0.15, 0.2) is 12.3 Å². The minimum atomic E-state index is -0.640. The van der Waals surface area contributed by atoms with Crippen molar-refractivity contribution in [3.63, 3.8) is 0 Å². The van der Waals surface area contributed by atoms with Crippen LogP contribution in [0, 0.1) is 0 Å². The molecule has 5 N–H and O–H groups in total. The summed E-state index contributed by atoms with van der Waals surface area (Å²) in [5.41, 5.74) is 2.55. The van der Waals surface area contributed by atoms with E-state index in [4.69, 9.17) is 17.4 Å². The van der Waals surface area contributed by atoms with Gasteiger partial charge in [-0.3, -0.25) is 9.59 Å². The third-order valence-electron chi connectivity index (χ3n) is 2.33. The fourth-order valence-corrected chi connectivity index (χ4v) is 1.56. The van der Waals surface area contributed by atoms with Gasteiger partial charge in [-0.05, 0) is 19.9 Å². The minimum absolute atomic E-state index is 0.223. The lowest BCUT2D eigenvalue weighted by molar-refractivity contribution is -0.122. The third kappa shape index (κ3) is 4.08. The molecular weight excluding hydrogens is 270 g/mol. The maximum absolute atomic E-state index is 11.9. The first kappa shape index (κ1) is 15.2. The van der Waals surface area contributed by atoms with Gasteiger partial charge in [0.05, 0.1) is 10.6 Å². The number of carbonyl (C=O) groups is 2. The molecule has 1 rings (SSSR count). The molecule has 1 heterocycles. The molecule has 19 heavy (non-hydrogen) atoms. The Balaban J connectivity index is 2.73. The molecule has 104 valence electrons. The number of pyridine rings is 1. The number of hydrazine groups is 1. The monoisotopic (exact) mass is 285 g/mol. The molecule has 2 amide bonds. The lowest BCUT2D eigenvalue weighted by Gasteiger charge is -2.13. The number of hydrogen-bond donors (Lipinski definition) is 4. The predicted octanol–water partition coefficient (Wildman–Crippen LogP) is 0.275. The van der Waals surface area contributed by atoms with Crippen molar-refractivity contribution < 1.29 is 9.59 Å². The number of nitrogens with one attached hydrogen (secondary N) is 3. The molecule has 0 aromatic carbocycles. The van der Waals surface area contributed by atoms with E-state index in [1.54, 1.807) is 13.8 Å². The zero-order valence-corrected chi connectivity index (χ0v) is 11.4. The Morgan fingerprint density at radius 3 is 2.74 bits per heavy atom. The number of likely N-dealkylation sites (N-methyl/N-ethyl adjacent to an activating group) is 1. The van der Waals surface area contributed by atoms with Gasteiger partial charge in [0.2, 0.25) is 5.91 Å². The zero-order chi connectivity index (χ0) is 14.4. The summed E-state index contributed by atoms with van der Waals surface area (Å²) in [6.07, 6.45) is 1.32. The summed E-state index contributed by atoms with van der Waals surface area (Å²) in [6.45, 7) is 3.89. The molecule has 0 saturated heterocycles. The molecule has 1 atom stereocenters. The molecule has 0 bridgehead atoms. The Labute approximate surface area is 115 Å². The second-order valence-corrected chi connectivity index (χ2v) is 4.20. The highest BCUT2D eigenvalue weighted by atomic mass is 35.5. The van der Waals surface area contributed by atoms with Gasteiger partial charge < -0.3 is 16.1 Å². The number of nitrogens with zero attached hydrogens (tertiary/aromatic N) is 1. The first-order valence-corrected chi connectivity index (χ1v) is 6.08. The predicted molar refractivity (Wildman–Crippen MR) is 72.7 cm³/mol. The molecule has 0 aliphatic carbocycles. The van der Waals surface area contributed by atoms with Crippen LogP contribution >= 0.6 is 11.6 Å². The average Bonchev–Trinajstić information content (AvgIpc) is 2.38. The molecular formula is C11H16ClN5O2. The van der Waals surface area contributed by atoms with Crippen molar-refractivity contribution in [3.05, 3.63) is 22.8 Å². The quantitative estimate of drug-likeness (QED) is 0.459. The number of carbonyl (C=O) groups excluding carboxylic acids is 2. The third-order valence-corrected chi connectivity index (χ3v) is 2.62. The Bertz CT molecular complexity index is 480. The largest absolute Gasteiger partial charge is 0.355 e. The van der Waals surface area contributed by atoms with E-state index < -0.39 is 11.9 Å². The van der Waals surface area contributed by atoms with Crippen LogP contribution in [0.1, 0.15) is 24.2 Å². The average molecular weight is 286 g/mol. The number of aromatic nitrogens is 1. The number of hydrogen-bond acceptors (Lipinski definition) is 5. The second kappa shape index (κ2) is 6.91. The van der Waals surface area contributed by atoms with E-state index in [1.165, 1.54) is 12.3 Å². The van der Waals surface area contributed by atoms with Crippen molar-refractivity contribution in [2.75, 3.05) is 12.0 Å². The fourth-order valence-electron chi connectivity index (χ4n) is 1.34. The summed E-state index contributed by atoms with van der Waals surface area (Å²) >= 11 is 5.86. The lowest BCUT2D eigenvalue weighted by atomic mass is 10.2. The number of halogens is 1. The zero-order valence-electron chi connectivity index (χ0n) is 10.7. The molecule has 0 radical (unpaired) electrons. The highest BCUT2D eigenvalue weighted by Crippen LogP contribution is 2.18. The fraction of sp³-hybridized carbons (Fsp3) is 0.364. The van der Waals surface area contributed by atoms with Gasteiger partial charge in [-0.1, -0.05) is 11.6 Å². The summed E-state index contributed by atoms with van der Waals surface area (Å²) in [5, 5.41) is 5.38. The number of nitrogen functional groups attached to an aromatic ring is 1. The van der Waals surface area contributed by atoms with Crippen LogP contribution in [0.5, 0.6) is 0 Å². The Morgan fingerprint density at radius 1 is 1.53 bits per heavy atom. The van der Waals surface area contributed by atoms with Crippen LogP contribution in [0.4, 0.5) is 5.82 Å². The molecule has 1 aromatic heterocycles. The van der Waals surface area contributed by atoms with E-state index in [2.05, 4.69) is 21.0 Å². The summed E-state index contributed by atoms with van der Waals surface area (Å²) < 4.78 is 0. The van der Waals surface area contributed by atoms with Crippen molar-refractivity contribution in [1.82, 2.24) is 15.6 Å². The van der Waals surface area contributed by atoms with E-state index in [1.807, 2.05) is 0 Å². The molecule has 0 aliphatic rings. The first-order valence-electron chi connectivity index (χ1n) is 5.70. The molecule has 0 spiro atoms. The highest BCUT2D eigenvalue weighted by molar-refractivity contribution is 6.33. The number of rotatable bonds is 5. The normalized spacial score (nSPS) is 11.6. The topological polar surface area (TPSA) is 109 Å². The number of nitrogens with two attached hydrogens (primary N) is 1. The van der Waals surface area contributed by atoms with Crippen molar-refractivity contribution in [1.29, 1.82) is 0 Å². The van der Waals surface area contributed by atoms with E-state index in [-0.39, 0.29) is 22.3 Å². The van der Waals surface area contributed by atoms with Gasteiger partial charge in [0.1, 0.15) is 6.04 Å². The van der Waals surface area contributed by atoms with Crippen LogP contribution < -0.4 is 21.9 Å². The van der Waals surface area contributed by atoms with Crippen LogP contribution in [-0.4, -0.2) is 29.4 Å². The van der Waals surface area contributed by atoms with E-state index in [0.29, 0.717) is 6.54 Å². The van der Waals surface area contributed by atoms with Crippen LogP contribution in [-0.2, 0) is 4.79 Å². The van der Waals surface area contributed by atoms with Gasteiger partial charge in [-0.15, -0.1) is 0 Å². The van der Waals surface area contributed by atoms with Crippen molar-refractivity contribution >= 4 is 29.2 Å². The lowest BCUT2D eigenvalue weighted by Crippen LogP contribution is -2.44. The van der Waals surface area contributed by atoms with E-state index >= 15 is 0 Å². The Kier molecular flexibility index (Phi) is 5.53. The summed E-state index contributed by atoms with van der Waals surface area (Å²) in [6, 6.07) is 0.780. The SMILES string of the molecule is CCNC(=O)C(C)NC(=O)c1cnc(NN)c(Cl)c1. The Hall–Kier alpha value is -1.86. The molecule has 0 aliphatic heterocycles. The van der Waals surface area contributed by atoms with E-state index in [0.717, 1.165) is 0 Å². The summed E-state index contributed by atoms with van der Waals surface area (Å²) in [5.74, 6) is 4.77. The van der Waals surface area contributed by atoms with Crippen molar-refractivity contribution in [2.45, 2.75) is 19.9 Å². The summed E-state index contributed by atoms with van der Waals surface area (Å²) in [7, 11) is 0. The molecule has 1 aromatic rings. The van der Waals surface area contributed by atoms with Gasteiger partial charge in [0, 0.05) is 12.7 Å². The van der Waals surface area contributed by atoms with Gasteiger partial charge in [-0.25, -0.2) is 10.8 Å². The second-order valence-electron chi connectivity index (χ2n) is 3.79. The molecule has 1 unspecified atom stereocenters. The number of anilines is 1. The molecule has 7 nitrogen and oxygen atoms in total. The van der Waals surface area contributed by atoms with Crippen LogP contribution in [0.2, 0.25) is 5.02 Å². The molecule has 0 saturated carbocycles. The van der Waals surface area contributed by atoms with Crippen LogP contribution in [0.3, 0.4) is 0 Å². The van der Waals surface area contributed by atoms with Crippen molar-refractivity contribution in [2.24, 2.45) is 5.84 Å². The Morgan fingerprint density at radius 2 is 2.21 bits per heavy atom. The molecule has 8 heteroatoms. The molecule has 0 fully saturated rings. The number of amides is 2. The minimum Gasteiger partial charge on any atom is -0.355 e. The van der Waals surface area contributed by atoms with Gasteiger partial charge >= 0.3 is 0 Å². The smallest absolute Gasteiger partial charge is 0.253 e. The van der Waals surface area contributed by atoms with Gasteiger partial charge in [0.25, 0.3) is 5.91 Å². The standard InChI is InChI=1S/C11H16ClN5O2/c1-3-14-10(18)6(2)16-11(19)7-4-8(12)9(17-13)15-5-7/h4-6H,3,13H2,1-2H3,(H,14,18)(H,15,17)(H,16,19). The van der Waals surface area contributed by atoms with Gasteiger partial charge in [0.15, 0.2) is 5.82 Å². The maximum Gasteiger partial charge on any atom is 0.253 e. The van der Waals surface area contributed by atoms with E-state index in [9.17, 15) is 9.59 Å². The maximum atomic E-state index is 11.9. The highest BCUT2D eigenvalue weighted by Gasteiger charge is 2.16. The van der Waals surface area contributed by atoms with Gasteiger partial charge in [-0.2, -0.15) is 0 Å².